The number of hydrogen-bond acceptors (Lipinski definition) is 5. The van der Waals surface area contributed by atoms with E-state index in [2.05, 4.69) is 31.1 Å². The van der Waals surface area contributed by atoms with Gasteiger partial charge in [0.15, 0.2) is 0 Å². The largest absolute Gasteiger partial charge is 0.338 e. The number of nitrogens with zero attached hydrogens (tertiary/aromatic N) is 3. The summed E-state index contributed by atoms with van der Waals surface area (Å²) in [6.07, 6.45) is 1.79. The van der Waals surface area contributed by atoms with Gasteiger partial charge in [0.25, 0.3) is 0 Å². The summed E-state index contributed by atoms with van der Waals surface area (Å²) in [7, 11) is 0. The Morgan fingerprint density at radius 3 is 2.79 bits per heavy atom. The molecule has 6 heteroatoms. The molecule has 0 amide bonds. The van der Waals surface area contributed by atoms with E-state index in [1.807, 2.05) is 26.8 Å². The van der Waals surface area contributed by atoms with Gasteiger partial charge in [0.2, 0.25) is 11.7 Å². The Morgan fingerprint density at radius 2 is 2.16 bits per heavy atom. The summed E-state index contributed by atoms with van der Waals surface area (Å²) in [5.74, 6) is 0.749. The molecule has 0 fully saturated rings. The lowest BCUT2D eigenvalue weighted by molar-refractivity contribution is -0.125. The molecule has 0 saturated heterocycles. The number of Topliss-reactive ketones (excluding diaryl/α,β-unsaturated/α-hetero) is 1. The third-order valence-corrected chi connectivity index (χ3v) is 3.23. The van der Waals surface area contributed by atoms with Gasteiger partial charge in [-0.15, -0.1) is 0 Å². The second-order valence-electron chi connectivity index (χ2n) is 5.20. The Kier molecular flexibility index (Phi) is 3.80. The molecule has 0 unspecified atom stereocenters. The molecule has 5 nitrogen and oxygen atoms in total. The quantitative estimate of drug-likeness (QED) is 0.868. The minimum absolute atomic E-state index is 0.0581. The van der Waals surface area contributed by atoms with Crippen LogP contribution in [-0.2, 0) is 11.2 Å². The maximum absolute atomic E-state index is 11.9. The predicted octanol–water partition coefficient (Wildman–Crippen LogP) is 3.05. The van der Waals surface area contributed by atoms with Gasteiger partial charge >= 0.3 is 0 Å². The number of pyridine rings is 1. The summed E-state index contributed by atoms with van der Waals surface area (Å²) in [6, 6.07) is 3.65. The highest BCUT2D eigenvalue weighted by atomic mass is 79.9. The Labute approximate surface area is 119 Å². The maximum atomic E-state index is 11.9. The van der Waals surface area contributed by atoms with Crippen molar-refractivity contribution in [2.75, 3.05) is 0 Å². The van der Waals surface area contributed by atoms with E-state index in [9.17, 15) is 4.79 Å². The van der Waals surface area contributed by atoms with Crippen LogP contribution in [0.25, 0.3) is 11.5 Å². The lowest BCUT2D eigenvalue weighted by Crippen LogP contribution is -2.22. The Bertz CT molecular complexity index is 602. The molecule has 2 heterocycles. The fourth-order valence-corrected chi connectivity index (χ4v) is 1.81. The third kappa shape index (κ3) is 3.26. The Balaban J connectivity index is 2.21. The fourth-order valence-electron chi connectivity index (χ4n) is 1.38. The summed E-state index contributed by atoms with van der Waals surface area (Å²) in [5, 5.41) is 3.85. The summed E-state index contributed by atoms with van der Waals surface area (Å²) in [5.41, 5.74) is 0.181. The topological polar surface area (TPSA) is 68.9 Å². The van der Waals surface area contributed by atoms with Gasteiger partial charge in [-0.2, -0.15) is 4.98 Å². The molecular weight excluding hydrogens is 310 g/mol. The highest BCUT2D eigenvalue weighted by Crippen LogP contribution is 2.23. The molecule has 0 spiro atoms. The molecule has 2 rings (SSSR count). The average molecular weight is 324 g/mol. The highest BCUT2D eigenvalue weighted by Gasteiger charge is 2.24. The van der Waals surface area contributed by atoms with E-state index >= 15 is 0 Å². The van der Waals surface area contributed by atoms with E-state index in [1.165, 1.54) is 0 Å². The summed E-state index contributed by atoms with van der Waals surface area (Å²) >= 11 is 3.37. The van der Waals surface area contributed by atoms with Gasteiger partial charge in [-0.25, -0.2) is 0 Å². The van der Waals surface area contributed by atoms with Gasteiger partial charge < -0.3 is 4.52 Å². The predicted molar refractivity (Wildman–Crippen MR) is 73.4 cm³/mol. The van der Waals surface area contributed by atoms with Crippen LogP contribution in [0.4, 0.5) is 0 Å². The minimum atomic E-state index is -0.416. The summed E-state index contributed by atoms with van der Waals surface area (Å²) < 4.78 is 5.88. The molecular formula is C13H14BrN3O2. The van der Waals surface area contributed by atoms with Crippen molar-refractivity contribution in [1.29, 1.82) is 0 Å². The first kappa shape index (κ1) is 13.9. The highest BCUT2D eigenvalue weighted by molar-refractivity contribution is 9.10. The molecule has 0 aromatic carbocycles. The molecule has 0 bridgehead atoms. The van der Waals surface area contributed by atoms with Gasteiger partial charge in [0.05, 0.1) is 6.42 Å². The van der Waals surface area contributed by atoms with Crippen molar-refractivity contribution in [3.05, 3.63) is 28.7 Å². The standard InChI is InChI=1S/C13H14BrN3O2/c1-13(2,3)9(18)7-10-16-12(17-19-10)11-8(14)5-4-6-15-11/h4-6H,7H2,1-3H3. The molecule has 0 aliphatic carbocycles. The van der Waals surface area contributed by atoms with E-state index in [4.69, 9.17) is 4.52 Å². The minimum Gasteiger partial charge on any atom is -0.338 e. The van der Waals surface area contributed by atoms with Crippen molar-refractivity contribution < 1.29 is 9.32 Å². The van der Waals surface area contributed by atoms with Crippen molar-refractivity contribution in [1.82, 2.24) is 15.1 Å². The number of halogens is 1. The summed E-state index contributed by atoms with van der Waals surface area (Å²) in [6.45, 7) is 5.59. The van der Waals surface area contributed by atoms with Crippen LogP contribution in [0.3, 0.4) is 0 Å². The first-order valence-corrected chi connectivity index (χ1v) is 6.64. The first-order valence-electron chi connectivity index (χ1n) is 5.84. The zero-order valence-corrected chi connectivity index (χ0v) is 12.6. The molecule has 100 valence electrons. The number of ketones is 1. The maximum Gasteiger partial charge on any atom is 0.234 e. The Hall–Kier alpha value is -1.56. The SMILES string of the molecule is CC(C)(C)C(=O)Cc1nc(-c2ncccc2Br)no1. The molecule has 0 saturated carbocycles. The van der Waals surface area contributed by atoms with Crippen LogP contribution in [0.1, 0.15) is 26.7 Å². The van der Waals surface area contributed by atoms with Crippen molar-refractivity contribution in [3.63, 3.8) is 0 Å². The number of carbonyl (C=O) groups excluding carboxylic acids is 1. The van der Waals surface area contributed by atoms with E-state index in [-0.39, 0.29) is 12.2 Å². The normalized spacial score (nSPS) is 11.6. The summed E-state index contributed by atoms with van der Waals surface area (Å²) in [4.78, 5) is 20.3. The smallest absolute Gasteiger partial charge is 0.234 e. The van der Waals surface area contributed by atoms with E-state index in [0.29, 0.717) is 17.4 Å². The van der Waals surface area contributed by atoms with Crippen LogP contribution in [-0.4, -0.2) is 20.9 Å². The molecule has 0 N–H and O–H groups in total. The van der Waals surface area contributed by atoms with Crippen LogP contribution in [0.15, 0.2) is 27.3 Å². The van der Waals surface area contributed by atoms with Gasteiger partial charge in [0.1, 0.15) is 11.5 Å². The lowest BCUT2D eigenvalue weighted by atomic mass is 9.89. The van der Waals surface area contributed by atoms with Gasteiger partial charge in [-0.1, -0.05) is 25.9 Å². The van der Waals surface area contributed by atoms with E-state index < -0.39 is 5.41 Å². The van der Waals surface area contributed by atoms with Crippen LogP contribution < -0.4 is 0 Å². The van der Waals surface area contributed by atoms with Crippen molar-refractivity contribution in [2.45, 2.75) is 27.2 Å². The van der Waals surface area contributed by atoms with E-state index in [0.717, 1.165) is 4.47 Å². The number of aromatic nitrogens is 3. The van der Waals surface area contributed by atoms with Crippen LogP contribution in [0.2, 0.25) is 0 Å². The molecule has 19 heavy (non-hydrogen) atoms. The fraction of sp³-hybridized carbons (Fsp3) is 0.385. The zero-order chi connectivity index (χ0) is 14.0. The van der Waals surface area contributed by atoms with Crippen molar-refractivity contribution in [3.8, 4) is 11.5 Å². The van der Waals surface area contributed by atoms with Crippen LogP contribution in [0, 0.1) is 5.41 Å². The molecule has 2 aromatic rings. The monoisotopic (exact) mass is 323 g/mol. The Morgan fingerprint density at radius 1 is 1.42 bits per heavy atom. The lowest BCUT2D eigenvalue weighted by Gasteiger charge is -2.14. The van der Waals surface area contributed by atoms with Gasteiger partial charge in [-0.05, 0) is 28.1 Å². The molecule has 2 aromatic heterocycles. The number of carbonyl (C=O) groups is 1. The van der Waals surface area contributed by atoms with Gasteiger partial charge in [-0.3, -0.25) is 9.78 Å². The third-order valence-electron chi connectivity index (χ3n) is 2.59. The number of hydrogen-bond donors (Lipinski definition) is 0. The second kappa shape index (κ2) is 5.21. The van der Waals surface area contributed by atoms with Gasteiger partial charge in [0, 0.05) is 16.1 Å². The average Bonchev–Trinajstić information content (AvgIpc) is 2.76. The first-order chi connectivity index (χ1) is 8.88. The van der Waals surface area contributed by atoms with E-state index in [1.54, 1.807) is 12.3 Å². The van der Waals surface area contributed by atoms with Crippen molar-refractivity contribution >= 4 is 21.7 Å². The van der Waals surface area contributed by atoms with Crippen LogP contribution >= 0.6 is 15.9 Å². The second-order valence-corrected chi connectivity index (χ2v) is 6.05. The van der Waals surface area contributed by atoms with Crippen molar-refractivity contribution in [2.24, 2.45) is 5.41 Å². The molecule has 0 aliphatic heterocycles. The van der Waals surface area contributed by atoms with Crippen LogP contribution in [0.5, 0.6) is 0 Å². The number of rotatable bonds is 3. The molecule has 0 radical (unpaired) electrons. The molecule has 0 atom stereocenters. The molecule has 0 aliphatic rings. The zero-order valence-electron chi connectivity index (χ0n) is 11.0.